The molecule has 1 amide bonds. The predicted octanol–water partition coefficient (Wildman–Crippen LogP) is -3.26. The van der Waals surface area contributed by atoms with Crippen LogP contribution in [0, 0.1) is 11.8 Å². The summed E-state index contributed by atoms with van der Waals surface area (Å²) in [7, 11) is 0. The van der Waals surface area contributed by atoms with E-state index in [4.69, 9.17) is 0 Å². The van der Waals surface area contributed by atoms with Crippen LogP contribution in [-0.2, 0) is 9.59 Å². The Labute approximate surface area is 207 Å². The van der Waals surface area contributed by atoms with Gasteiger partial charge in [-0.15, -0.1) is 11.3 Å². The Morgan fingerprint density at radius 2 is 1.97 bits per heavy atom. The van der Waals surface area contributed by atoms with Gasteiger partial charge in [0.05, 0.1) is 40.2 Å². The average Bonchev–Trinajstić information content (AvgIpc) is 3.37. The minimum Gasteiger partial charge on any atom is -0.543 e. The molecule has 0 aromatic carbocycles. The van der Waals surface area contributed by atoms with E-state index >= 15 is 0 Å². The van der Waals surface area contributed by atoms with E-state index in [1.165, 1.54) is 48.2 Å². The van der Waals surface area contributed by atoms with Crippen LogP contribution >= 0.6 is 11.3 Å². The van der Waals surface area contributed by atoms with E-state index in [9.17, 15) is 24.6 Å². The van der Waals surface area contributed by atoms with E-state index in [0.717, 1.165) is 0 Å². The molecule has 4 atom stereocenters. The summed E-state index contributed by atoms with van der Waals surface area (Å²) in [6.45, 7) is 3.35. The molecule has 2 aliphatic rings. The number of carbonyl (C=O) groups excluding carboxylic acids is 3. The van der Waals surface area contributed by atoms with Crippen molar-refractivity contribution in [2.24, 2.45) is 11.8 Å². The number of β-lactam (4-membered cyclic amide) rings is 1. The quantitative estimate of drug-likeness (QED) is 0.237. The van der Waals surface area contributed by atoms with Gasteiger partial charge in [0.15, 0.2) is 0 Å². The fraction of sp³-hybridized carbons (Fsp3) is 0.300. The van der Waals surface area contributed by atoms with E-state index < -0.39 is 29.9 Å². The summed E-state index contributed by atoms with van der Waals surface area (Å²) in [6, 6.07) is -0.447. The molecule has 1 saturated heterocycles. The number of hydrogen-bond acceptors (Lipinski definition) is 9. The fourth-order valence-corrected chi connectivity index (χ4v) is 5.73. The monoisotopic (exact) mass is 461 g/mol. The molecule has 3 aromatic heterocycles. The third kappa shape index (κ3) is 3.15. The molecule has 1 fully saturated rings. The second-order valence-electron chi connectivity index (χ2n) is 7.66. The SMILES string of the molecule is C[C@@H](O)[C@H]1C(=O)N2C(C(=O)[O-])=C(c3cn4cnc(C(=O)c5cncnc5)c4s3)[C@H](C)[C@H]12.[Na+]. The smallest absolute Gasteiger partial charge is 0.543 e. The van der Waals surface area contributed by atoms with Crippen LogP contribution in [0.1, 0.15) is 34.8 Å². The van der Waals surface area contributed by atoms with Gasteiger partial charge >= 0.3 is 29.6 Å². The molecule has 5 heterocycles. The number of rotatable bonds is 5. The van der Waals surface area contributed by atoms with Crippen molar-refractivity contribution in [2.45, 2.75) is 26.0 Å². The topological polar surface area (TPSA) is 141 Å². The van der Waals surface area contributed by atoms with Crippen molar-refractivity contribution in [3.05, 3.63) is 53.1 Å². The Morgan fingerprint density at radius 1 is 1.28 bits per heavy atom. The third-order valence-electron chi connectivity index (χ3n) is 5.88. The van der Waals surface area contributed by atoms with E-state index in [0.29, 0.717) is 15.3 Å². The van der Waals surface area contributed by atoms with Crippen molar-refractivity contribution in [3.8, 4) is 0 Å². The first kappa shape index (κ1) is 22.7. The first-order valence-corrected chi connectivity index (χ1v) is 10.4. The van der Waals surface area contributed by atoms with Crippen LogP contribution in [0.4, 0.5) is 0 Å². The number of aromatic nitrogens is 4. The molecule has 0 saturated carbocycles. The molecule has 0 radical (unpaired) electrons. The van der Waals surface area contributed by atoms with E-state index in [1.54, 1.807) is 10.6 Å². The number of ketones is 1. The van der Waals surface area contributed by atoms with Gasteiger partial charge in [0.2, 0.25) is 11.7 Å². The van der Waals surface area contributed by atoms with Gasteiger partial charge in [-0.25, -0.2) is 15.0 Å². The second kappa shape index (κ2) is 8.16. The zero-order valence-electron chi connectivity index (χ0n) is 17.4. The zero-order valence-corrected chi connectivity index (χ0v) is 20.2. The average molecular weight is 461 g/mol. The molecule has 0 spiro atoms. The van der Waals surface area contributed by atoms with Gasteiger partial charge in [-0.05, 0) is 6.92 Å². The van der Waals surface area contributed by atoms with Gasteiger partial charge in [-0.2, -0.15) is 0 Å². The van der Waals surface area contributed by atoms with Gasteiger partial charge in [-0.3, -0.25) is 14.0 Å². The zero-order chi connectivity index (χ0) is 22.0. The number of amides is 1. The van der Waals surface area contributed by atoms with E-state index in [2.05, 4.69) is 15.0 Å². The molecule has 0 unspecified atom stereocenters. The number of imidazole rings is 1. The fourth-order valence-electron chi connectivity index (χ4n) is 4.52. The Bertz CT molecular complexity index is 1280. The minimum absolute atomic E-state index is 0. The molecule has 32 heavy (non-hydrogen) atoms. The number of nitrogens with zero attached hydrogens (tertiary/aromatic N) is 5. The van der Waals surface area contributed by atoms with Crippen LogP contribution in [0.2, 0.25) is 0 Å². The maximum atomic E-state index is 12.8. The van der Waals surface area contributed by atoms with Gasteiger partial charge in [0.25, 0.3) is 0 Å². The molecular weight excluding hydrogens is 445 g/mol. The van der Waals surface area contributed by atoms with Crippen LogP contribution in [-0.4, -0.2) is 59.2 Å². The van der Waals surface area contributed by atoms with Gasteiger partial charge in [0, 0.05) is 30.1 Å². The molecular formula is C20H16N5NaO5S. The van der Waals surface area contributed by atoms with Crippen LogP contribution in [0.5, 0.6) is 0 Å². The number of aliphatic hydroxyl groups excluding tert-OH is 1. The summed E-state index contributed by atoms with van der Waals surface area (Å²) in [4.78, 5) is 51.5. The number of carboxylic acid groups (broad SMARTS) is 1. The maximum absolute atomic E-state index is 12.8. The summed E-state index contributed by atoms with van der Waals surface area (Å²) in [6.07, 6.45) is 6.40. The first-order valence-electron chi connectivity index (χ1n) is 9.54. The molecule has 3 aromatic rings. The Kier molecular flexibility index (Phi) is 5.80. The molecule has 1 N–H and O–H groups in total. The van der Waals surface area contributed by atoms with Gasteiger partial charge in [-0.1, -0.05) is 6.92 Å². The van der Waals surface area contributed by atoms with E-state index in [-0.39, 0.29) is 58.2 Å². The van der Waals surface area contributed by atoms with Crippen molar-refractivity contribution >= 4 is 39.4 Å². The minimum atomic E-state index is -1.45. The first-order chi connectivity index (χ1) is 14.8. The number of carboxylic acids is 1. The van der Waals surface area contributed by atoms with Crippen LogP contribution in [0.3, 0.4) is 0 Å². The summed E-state index contributed by atoms with van der Waals surface area (Å²) in [5, 5.41) is 21.9. The molecule has 10 nitrogen and oxygen atoms in total. The second-order valence-corrected chi connectivity index (χ2v) is 8.69. The molecule has 0 bridgehead atoms. The van der Waals surface area contributed by atoms with Crippen molar-refractivity contribution in [3.63, 3.8) is 0 Å². The Hall–Kier alpha value is -2.44. The Morgan fingerprint density at radius 3 is 2.59 bits per heavy atom. The molecule has 158 valence electrons. The standard InChI is InChI=1S/C20H17N5O5S.Na/c1-8-12(16(20(29)30)25-15(8)13(9(2)26)18(25)28)11-5-24-7-23-14(19(24)31-11)17(27)10-3-21-6-22-4-10;/h3-9,13,15,26H,1-2H3,(H,29,30);/q;+1/p-1/t8-,9+,13+,15+;/m0./s1. The number of aliphatic carboxylic acids is 1. The normalized spacial score (nSPS) is 23.0. The number of hydrogen-bond donors (Lipinski definition) is 1. The van der Waals surface area contributed by atoms with Crippen molar-refractivity contribution < 1.29 is 54.2 Å². The largest absolute Gasteiger partial charge is 1.00 e. The molecule has 0 aliphatic carbocycles. The maximum Gasteiger partial charge on any atom is 1.00 e. The van der Waals surface area contributed by atoms with Crippen LogP contribution in [0.15, 0.2) is 36.9 Å². The number of fused-ring (bicyclic) bond motifs is 2. The third-order valence-corrected chi connectivity index (χ3v) is 7.02. The predicted molar refractivity (Wildman–Crippen MR) is 105 cm³/mol. The Balaban J connectivity index is 0.00000245. The number of thiazole rings is 1. The van der Waals surface area contributed by atoms with Gasteiger partial charge in [0.1, 0.15) is 23.2 Å². The summed E-state index contributed by atoms with van der Waals surface area (Å²) in [5.41, 5.74) is 0.766. The number of aliphatic hydroxyl groups is 1. The van der Waals surface area contributed by atoms with Crippen molar-refractivity contribution in [2.75, 3.05) is 0 Å². The van der Waals surface area contributed by atoms with Crippen LogP contribution in [0.25, 0.3) is 10.4 Å². The number of carbonyl (C=O) groups is 3. The summed E-state index contributed by atoms with van der Waals surface area (Å²) >= 11 is 1.21. The van der Waals surface area contributed by atoms with Crippen molar-refractivity contribution in [1.29, 1.82) is 0 Å². The summed E-state index contributed by atoms with van der Waals surface area (Å²) < 4.78 is 1.65. The summed E-state index contributed by atoms with van der Waals surface area (Å²) in [5.74, 6) is -3.22. The molecule has 5 rings (SSSR count). The van der Waals surface area contributed by atoms with E-state index in [1.807, 2.05) is 6.92 Å². The van der Waals surface area contributed by atoms with Crippen LogP contribution < -0.4 is 34.7 Å². The van der Waals surface area contributed by atoms with Gasteiger partial charge < -0.3 is 19.9 Å². The molecule has 12 heteroatoms. The van der Waals surface area contributed by atoms with Crippen molar-refractivity contribution in [1.82, 2.24) is 24.3 Å². The molecule has 2 aliphatic heterocycles.